The molecular weight excluding hydrogens is 448 g/mol. The lowest BCUT2D eigenvalue weighted by atomic mass is 9.96. The third-order valence-electron chi connectivity index (χ3n) is 6.19. The van der Waals surface area contributed by atoms with Crippen molar-refractivity contribution in [3.8, 4) is 0 Å². The number of aliphatic carboxylic acids is 2. The van der Waals surface area contributed by atoms with Gasteiger partial charge in [-0.25, -0.2) is 9.59 Å². The summed E-state index contributed by atoms with van der Waals surface area (Å²) in [4.78, 5) is 35.6. The summed E-state index contributed by atoms with van der Waals surface area (Å²) >= 11 is 0. The summed E-state index contributed by atoms with van der Waals surface area (Å²) in [7, 11) is 0. The van der Waals surface area contributed by atoms with Crippen LogP contribution in [-0.2, 0) is 14.3 Å². The Bertz CT molecular complexity index is 1010. The lowest BCUT2D eigenvalue weighted by Crippen LogP contribution is -2.43. The molecular formula is C27H34N2O6. The standard InChI is InChI=1S/C16H21NO4.C11H13NO2/c1-16(2,3)21-15(20)17-10-12(9-13(17)14(18)19)11-7-5-4-6-8-11;13-11(14)10-6-9(7-12-10)8-4-2-1-3-5-8/h4-8,12-13H,9-10H2,1-3H3,(H,18,19);1-5,9-10,12H,6-7H2,(H,13,14)/t12-,13-;9-,10-/m00/s1. The van der Waals surface area contributed by atoms with Crippen molar-refractivity contribution in [2.45, 2.75) is 63.1 Å². The molecule has 8 nitrogen and oxygen atoms in total. The van der Waals surface area contributed by atoms with Gasteiger partial charge in [-0.15, -0.1) is 0 Å². The fourth-order valence-electron chi connectivity index (χ4n) is 4.46. The molecule has 4 rings (SSSR count). The number of benzene rings is 2. The molecule has 2 fully saturated rings. The molecule has 0 spiro atoms. The smallest absolute Gasteiger partial charge is 0.411 e. The van der Waals surface area contributed by atoms with Gasteiger partial charge in [0.1, 0.15) is 17.7 Å². The fraction of sp³-hybridized carbons (Fsp3) is 0.444. The van der Waals surface area contributed by atoms with Crippen LogP contribution in [0.15, 0.2) is 60.7 Å². The number of carboxylic acids is 2. The van der Waals surface area contributed by atoms with E-state index < -0.39 is 29.7 Å². The second-order valence-corrected chi connectivity index (χ2v) is 9.97. The number of rotatable bonds is 4. The first-order valence-electron chi connectivity index (χ1n) is 11.8. The van der Waals surface area contributed by atoms with E-state index in [4.69, 9.17) is 9.84 Å². The van der Waals surface area contributed by atoms with E-state index in [-0.39, 0.29) is 12.0 Å². The molecule has 2 aromatic carbocycles. The van der Waals surface area contributed by atoms with Crippen LogP contribution in [0.2, 0.25) is 0 Å². The predicted molar refractivity (Wildman–Crippen MR) is 131 cm³/mol. The average molecular weight is 483 g/mol. The Morgan fingerprint density at radius 3 is 1.86 bits per heavy atom. The van der Waals surface area contributed by atoms with Crippen LogP contribution >= 0.6 is 0 Å². The van der Waals surface area contributed by atoms with Gasteiger partial charge in [-0.1, -0.05) is 60.7 Å². The lowest BCUT2D eigenvalue weighted by molar-refractivity contribution is -0.142. The topological polar surface area (TPSA) is 116 Å². The van der Waals surface area contributed by atoms with Gasteiger partial charge in [0, 0.05) is 19.0 Å². The number of likely N-dealkylation sites (tertiary alicyclic amines) is 1. The number of hydrogen-bond acceptors (Lipinski definition) is 5. The van der Waals surface area contributed by atoms with Crippen molar-refractivity contribution < 1.29 is 29.3 Å². The molecule has 8 heteroatoms. The summed E-state index contributed by atoms with van der Waals surface area (Å²) in [5.41, 5.74) is 1.64. The largest absolute Gasteiger partial charge is 0.480 e. The van der Waals surface area contributed by atoms with E-state index in [1.54, 1.807) is 20.8 Å². The highest BCUT2D eigenvalue weighted by Gasteiger charge is 2.42. The van der Waals surface area contributed by atoms with Gasteiger partial charge in [0.05, 0.1) is 0 Å². The van der Waals surface area contributed by atoms with Crippen LogP contribution in [0.4, 0.5) is 4.79 Å². The maximum absolute atomic E-state index is 12.2. The molecule has 0 unspecified atom stereocenters. The van der Waals surface area contributed by atoms with Gasteiger partial charge in [0.15, 0.2) is 0 Å². The minimum absolute atomic E-state index is 0.0276. The van der Waals surface area contributed by atoms with Crippen molar-refractivity contribution >= 4 is 18.0 Å². The highest BCUT2D eigenvalue weighted by atomic mass is 16.6. The monoisotopic (exact) mass is 482 g/mol. The summed E-state index contributed by atoms with van der Waals surface area (Å²) in [5, 5.41) is 21.2. The molecule has 4 atom stereocenters. The van der Waals surface area contributed by atoms with Crippen molar-refractivity contribution in [2.24, 2.45) is 0 Å². The summed E-state index contributed by atoms with van der Waals surface area (Å²) in [6.45, 7) is 6.44. The highest BCUT2D eigenvalue weighted by molar-refractivity contribution is 5.81. The number of carbonyl (C=O) groups excluding carboxylic acids is 1. The van der Waals surface area contributed by atoms with Gasteiger partial charge < -0.3 is 20.3 Å². The van der Waals surface area contributed by atoms with Crippen molar-refractivity contribution in [3.63, 3.8) is 0 Å². The maximum atomic E-state index is 12.2. The Morgan fingerprint density at radius 1 is 0.857 bits per heavy atom. The molecule has 2 aliphatic heterocycles. The molecule has 2 saturated heterocycles. The van der Waals surface area contributed by atoms with Crippen LogP contribution in [0.3, 0.4) is 0 Å². The SMILES string of the molecule is CC(C)(C)OC(=O)N1C[C@@H](c2ccccc2)C[C@H]1C(=O)O.O=C(O)[C@@H]1C[C@H](c2ccccc2)CN1. The molecule has 188 valence electrons. The molecule has 0 saturated carbocycles. The predicted octanol–water partition coefficient (Wildman–Crippen LogP) is 4.08. The molecule has 0 aromatic heterocycles. The van der Waals surface area contributed by atoms with Crippen LogP contribution < -0.4 is 5.32 Å². The Balaban J connectivity index is 0.000000211. The second-order valence-electron chi connectivity index (χ2n) is 9.97. The first-order chi connectivity index (χ1) is 16.5. The van der Waals surface area contributed by atoms with Crippen LogP contribution in [0.1, 0.15) is 56.6 Å². The molecule has 2 heterocycles. The molecule has 1 amide bonds. The number of carbonyl (C=O) groups is 3. The van der Waals surface area contributed by atoms with Crippen LogP contribution in [-0.4, -0.2) is 63.9 Å². The molecule has 2 aromatic rings. The van der Waals surface area contributed by atoms with Crippen LogP contribution in [0.25, 0.3) is 0 Å². The highest BCUT2D eigenvalue weighted by Crippen LogP contribution is 2.33. The van der Waals surface area contributed by atoms with Gasteiger partial charge in [-0.2, -0.15) is 0 Å². The van der Waals surface area contributed by atoms with Gasteiger partial charge >= 0.3 is 18.0 Å². The Labute approximate surface area is 205 Å². The van der Waals surface area contributed by atoms with Crippen molar-refractivity contribution in [3.05, 3.63) is 71.8 Å². The Morgan fingerprint density at radius 2 is 1.40 bits per heavy atom. The normalized spacial score (nSPS) is 23.8. The van der Waals surface area contributed by atoms with E-state index in [2.05, 4.69) is 17.4 Å². The van der Waals surface area contributed by atoms with Gasteiger partial charge in [-0.3, -0.25) is 9.69 Å². The van der Waals surface area contributed by atoms with Gasteiger partial charge in [0.2, 0.25) is 0 Å². The molecule has 2 aliphatic rings. The van der Waals surface area contributed by atoms with Gasteiger partial charge in [0.25, 0.3) is 0 Å². The van der Waals surface area contributed by atoms with Crippen LogP contribution in [0.5, 0.6) is 0 Å². The zero-order valence-corrected chi connectivity index (χ0v) is 20.4. The number of ether oxygens (including phenoxy) is 1. The van der Waals surface area contributed by atoms with Crippen molar-refractivity contribution in [1.29, 1.82) is 0 Å². The average Bonchev–Trinajstić information content (AvgIpc) is 3.48. The first kappa shape index (κ1) is 26.2. The molecule has 0 aliphatic carbocycles. The zero-order chi connectivity index (χ0) is 25.6. The van der Waals surface area contributed by atoms with E-state index >= 15 is 0 Å². The van der Waals surface area contributed by atoms with E-state index in [1.807, 2.05) is 48.5 Å². The third-order valence-corrected chi connectivity index (χ3v) is 6.19. The van der Waals surface area contributed by atoms with Crippen molar-refractivity contribution in [2.75, 3.05) is 13.1 Å². The molecule has 3 N–H and O–H groups in total. The zero-order valence-electron chi connectivity index (χ0n) is 20.4. The summed E-state index contributed by atoms with van der Waals surface area (Å²) in [5.74, 6) is -1.36. The number of nitrogens with one attached hydrogen (secondary N) is 1. The minimum Gasteiger partial charge on any atom is -0.480 e. The quantitative estimate of drug-likeness (QED) is 0.601. The molecule has 0 bridgehead atoms. The van der Waals surface area contributed by atoms with Crippen molar-refractivity contribution in [1.82, 2.24) is 10.2 Å². The summed E-state index contributed by atoms with van der Waals surface area (Å²) in [6, 6.07) is 18.5. The minimum atomic E-state index is -0.987. The summed E-state index contributed by atoms with van der Waals surface area (Å²) in [6.07, 6.45) is 0.547. The lowest BCUT2D eigenvalue weighted by Gasteiger charge is -2.26. The first-order valence-corrected chi connectivity index (χ1v) is 11.8. The van der Waals surface area contributed by atoms with Gasteiger partial charge in [-0.05, 0) is 50.7 Å². The fourth-order valence-corrected chi connectivity index (χ4v) is 4.46. The molecule has 0 radical (unpaired) electrons. The number of nitrogens with zero attached hydrogens (tertiary/aromatic N) is 1. The second kappa shape index (κ2) is 11.4. The van der Waals surface area contributed by atoms with E-state index in [0.717, 1.165) is 12.1 Å². The van der Waals surface area contributed by atoms with Crippen LogP contribution in [0, 0.1) is 0 Å². The third kappa shape index (κ3) is 7.29. The number of carboxylic acid groups (broad SMARTS) is 2. The number of hydrogen-bond donors (Lipinski definition) is 3. The van der Waals surface area contributed by atoms with E-state index in [1.165, 1.54) is 10.5 Å². The van der Waals surface area contributed by atoms with E-state index in [0.29, 0.717) is 25.3 Å². The molecule has 35 heavy (non-hydrogen) atoms. The Kier molecular flexibility index (Phi) is 8.51. The Hall–Kier alpha value is -3.39. The summed E-state index contributed by atoms with van der Waals surface area (Å²) < 4.78 is 5.31. The van der Waals surface area contributed by atoms with E-state index in [9.17, 15) is 19.5 Å². The maximum Gasteiger partial charge on any atom is 0.411 e. The number of amides is 1.